The van der Waals surface area contributed by atoms with E-state index in [2.05, 4.69) is 36.5 Å². The Balaban J connectivity index is 1.38. The molecule has 1 fully saturated rings. The molecule has 1 aliphatic heterocycles. The molecule has 1 unspecified atom stereocenters. The highest BCUT2D eigenvalue weighted by molar-refractivity contribution is 5.84. The number of nitrogens with zero attached hydrogens (tertiary/aromatic N) is 1. The highest BCUT2D eigenvalue weighted by atomic mass is 16.5. The summed E-state index contributed by atoms with van der Waals surface area (Å²) in [4.78, 5) is 38.8. The van der Waals surface area contributed by atoms with Gasteiger partial charge in [0, 0.05) is 24.9 Å². The molecule has 1 heterocycles. The van der Waals surface area contributed by atoms with Gasteiger partial charge in [0.25, 0.3) is 0 Å². The van der Waals surface area contributed by atoms with Crippen molar-refractivity contribution < 1.29 is 24.2 Å². The van der Waals surface area contributed by atoms with Crippen LogP contribution >= 0.6 is 0 Å². The SMILES string of the molecule is CCCCC(CC(=O)N1CCCC[C@@H]1C(=O)O)NC(=O)OCC1c2ccccc2-c2ccccc21. The summed E-state index contributed by atoms with van der Waals surface area (Å²) >= 11 is 0. The lowest BCUT2D eigenvalue weighted by Crippen LogP contribution is -2.50. The third kappa shape index (κ3) is 5.66. The molecule has 2 aromatic carbocycles. The zero-order valence-electron chi connectivity index (χ0n) is 20.2. The fourth-order valence-electron chi connectivity index (χ4n) is 5.30. The molecule has 2 aliphatic rings. The van der Waals surface area contributed by atoms with Gasteiger partial charge in [-0.2, -0.15) is 0 Å². The van der Waals surface area contributed by atoms with Crippen molar-refractivity contribution in [1.29, 1.82) is 0 Å². The Bertz CT molecular complexity index is 1020. The van der Waals surface area contributed by atoms with Crippen molar-refractivity contribution in [2.45, 2.75) is 69.9 Å². The largest absolute Gasteiger partial charge is 0.480 e. The number of fused-ring (bicyclic) bond motifs is 3. The smallest absolute Gasteiger partial charge is 0.407 e. The predicted octanol–water partition coefficient (Wildman–Crippen LogP) is 4.94. The maximum atomic E-state index is 13.0. The van der Waals surface area contributed by atoms with Crippen LogP contribution < -0.4 is 5.32 Å². The van der Waals surface area contributed by atoms with Gasteiger partial charge in [-0.1, -0.05) is 68.3 Å². The number of ether oxygens (including phenoxy) is 1. The fourth-order valence-corrected chi connectivity index (χ4v) is 5.30. The van der Waals surface area contributed by atoms with Crippen LogP contribution in [0.2, 0.25) is 0 Å². The number of alkyl carbamates (subject to hydrolysis) is 1. The molecule has 2 N–H and O–H groups in total. The number of hydrogen-bond donors (Lipinski definition) is 2. The van der Waals surface area contributed by atoms with E-state index >= 15 is 0 Å². The van der Waals surface area contributed by atoms with Crippen LogP contribution in [0.3, 0.4) is 0 Å². The van der Waals surface area contributed by atoms with Crippen molar-refractivity contribution >= 4 is 18.0 Å². The standard InChI is InChI=1S/C28H34N2O5/c1-2-3-10-19(17-26(31)30-16-9-8-15-25(30)27(32)33)29-28(34)35-18-24-22-13-6-4-11-20(22)21-12-5-7-14-23(21)24/h4-7,11-14,19,24-25H,2-3,8-10,15-18H2,1H3,(H,29,34)(H,32,33)/t19?,25-/m1/s1. The van der Waals surface area contributed by atoms with Crippen molar-refractivity contribution in [2.75, 3.05) is 13.2 Å². The van der Waals surface area contributed by atoms with Crippen LogP contribution in [0, 0.1) is 0 Å². The summed E-state index contributed by atoms with van der Waals surface area (Å²) in [6.45, 7) is 2.71. The number of likely N-dealkylation sites (tertiary alicyclic amines) is 1. The van der Waals surface area contributed by atoms with Crippen LogP contribution in [0.25, 0.3) is 11.1 Å². The molecule has 2 atom stereocenters. The summed E-state index contributed by atoms with van der Waals surface area (Å²) in [6, 6.07) is 15.2. The molecule has 0 radical (unpaired) electrons. The minimum Gasteiger partial charge on any atom is -0.480 e. The number of piperidine rings is 1. The van der Waals surface area contributed by atoms with Gasteiger partial charge in [-0.3, -0.25) is 4.79 Å². The Morgan fingerprint density at radius 2 is 1.71 bits per heavy atom. The van der Waals surface area contributed by atoms with Crippen LogP contribution in [-0.4, -0.2) is 53.2 Å². The summed E-state index contributed by atoms with van der Waals surface area (Å²) in [5, 5.41) is 12.4. The van der Waals surface area contributed by atoms with Gasteiger partial charge in [0.1, 0.15) is 12.6 Å². The molecule has 1 saturated heterocycles. The number of unbranched alkanes of at least 4 members (excludes halogenated alkanes) is 1. The second kappa shape index (κ2) is 11.4. The molecule has 186 valence electrons. The van der Waals surface area contributed by atoms with Gasteiger partial charge >= 0.3 is 12.1 Å². The van der Waals surface area contributed by atoms with Crippen molar-refractivity contribution in [3.05, 3.63) is 59.7 Å². The van der Waals surface area contributed by atoms with Crippen LogP contribution in [0.4, 0.5) is 4.79 Å². The second-order valence-electron chi connectivity index (χ2n) is 9.45. The zero-order valence-corrected chi connectivity index (χ0v) is 20.2. The van der Waals surface area contributed by atoms with Crippen molar-refractivity contribution in [3.8, 4) is 11.1 Å². The highest BCUT2D eigenvalue weighted by Gasteiger charge is 2.33. The number of rotatable bonds is 9. The average molecular weight is 479 g/mol. The van der Waals surface area contributed by atoms with Gasteiger partial charge in [-0.05, 0) is 47.9 Å². The number of amides is 2. The lowest BCUT2D eigenvalue weighted by Gasteiger charge is -2.34. The number of benzene rings is 2. The lowest BCUT2D eigenvalue weighted by molar-refractivity contribution is -0.152. The Morgan fingerprint density at radius 1 is 1.06 bits per heavy atom. The van der Waals surface area contributed by atoms with E-state index in [9.17, 15) is 19.5 Å². The van der Waals surface area contributed by atoms with Crippen molar-refractivity contribution in [2.24, 2.45) is 0 Å². The fraction of sp³-hybridized carbons (Fsp3) is 0.464. The average Bonchev–Trinajstić information content (AvgIpc) is 3.19. The molecule has 2 amide bonds. The summed E-state index contributed by atoms with van der Waals surface area (Å²) in [7, 11) is 0. The summed E-state index contributed by atoms with van der Waals surface area (Å²) in [6.07, 6.45) is 4.02. The van der Waals surface area contributed by atoms with Crippen LogP contribution in [0.1, 0.15) is 68.9 Å². The van der Waals surface area contributed by atoms with E-state index in [1.807, 2.05) is 24.3 Å². The molecule has 4 rings (SSSR count). The maximum absolute atomic E-state index is 13.0. The van der Waals surface area contributed by atoms with Gasteiger partial charge in [0.2, 0.25) is 5.91 Å². The lowest BCUT2D eigenvalue weighted by atomic mass is 9.98. The normalized spacial score (nSPS) is 17.9. The quantitative estimate of drug-likeness (QED) is 0.532. The van der Waals surface area contributed by atoms with Gasteiger partial charge in [-0.15, -0.1) is 0 Å². The summed E-state index contributed by atoms with van der Waals surface area (Å²) in [5.41, 5.74) is 4.61. The predicted molar refractivity (Wildman–Crippen MR) is 133 cm³/mol. The number of carbonyl (C=O) groups is 3. The second-order valence-corrected chi connectivity index (χ2v) is 9.45. The molecule has 0 bridgehead atoms. The first-order chi connectivity index (χ1) is 17.0. The van der Waals surface area contributed by atoms with Crippen molar-refractivity contribution in [1.82, 2.24) is 10.2 Å². The van der Waals surface area contributed by atoms with Gasteiger partial charge in [-0.25, -0.2) is 9.59 Å². The van der Waals surface area contributed by atoms with E-state index in [1.165, 1.54) is 4.90 Å². The summed E-state index contributed by atoms with van der Waals surface area (Å²) in [5.74, 6) is -1.22. The molecule has 0 aromatic heterocycles. The molecule has 7 nitrogen and oxygen atoms in total. The van der Waals surface area contributed by atoms with E-state index in [4.69, 9.17) is 4.74 Å². The van der Waals surface area contributed by atoms with E-state index in [-0.39, 0.29) is 24.9 Å². The van der Waals surface area contributed by atoms with Gasteiger partial charge < -0.3 is 20.1 Å². The van der Waals surface area contributed by atoms with E-state index in [0.717, 1.165) is 47.9 Å². The molecule has 0 spiro atoms. The monoisotopic (exact) mass is 478 g/mol. The molecular formula is C28H34N2O5. The van der Waals surface area contributed by atoms with Crippen molar-refractivity contribution in [3.63, 3.8) is 0 Å². The Labute approximate surface area is 206 Å². The Kier molecular flexibility index (Phi) is 8.06. The van der Waals surface area contributed by atoms with Gasteiger partial charge in [0.05, 0.1) is 0 Å². The molecule has 1 aliphatic carbocycles. The number of carboxylic acid groups (broad SMARTS) is 1. The van der Waals surface area contributed by atoms with Crippen LogP contribution in [-0.2, 0) is 14.3 Å². The minimum absolute atomic E-state index is 0.0338. The molecular weight excluding hydrogens is 444 g/mol. The Hall–Kier alpha value is -3.35. The summed E-state index contributed by atoms with van der Waals surface area (Å²) < 4.78 is 5.67. The number of carboxylic acids is 1. The van der Waals surface area contributed by atoms with Gasteiger partial charge in [0.15, 0.2) is 0 Å². The number of carbonyl (C=O) groups excluding carboxylic acids is 2. The highest BCUT2D eigenvalue weighted by Crippen LogP contribution is 2.44. The zero-order chi connectivity index (χ0) is 24.8. The topological polar surface area (TPSA) is 95.9 Å². The third-order valence-electron chi connectivity index (χ3n) is 7.10. The molecule has 35 heavy (non-hydrogen) atoms. The van der Waals surface area contributed by atoms with Crippen LogP contribution in [0.15, 0.2) is 48.5 Å². The van der Waals surface area contributed by atoms with Crippen LogP contribution in [0.5, 0.6) is 0 Å². The molecule has 7 heteroatoms. The third-order valence-corrected chi connectivity index (χ3v) is 7.10. The first kappa shape index (κ1) is 24.8. The van der Waals surface area contributed by atoms with E-state index in [1.54, 1.807) is 0 Å². The molecule has 0 saturated carbocycles. The Morgan fingerprint density at radius 3 is 2.34 bits per heavy atom. The molecule has 2 aromatic rings. The number of nitrogens with one attached hydrogen (secondary N) is 1. The minimum atomic E-state index is -0.965. The first-order valence-corrected chi connectivity index (χ1v) is 12.6. The van der Waals surface area contributed by atoms with E-state index in [0.29, 0.717) is 19.4 Å². The maximum Gasteiger partial charge on any atom is 0.407 e. The van der Waals surface area contributed by atoms with E-state index < -0.39 is 24.1 Å². The number of aliphatic carboxylic acids is 1. The first-order valence-electron chi connectivity index (χ1n) is 12.6. The number of hydrogen-bond acceptors (Lipinski definition) is 4.